The maximum atomic E-state index is 13.6. The van der Waals surface area contributed by atoms with Crippen molar-refractivity contribution in [3.05, 3.63) is 145 Å². The topological polar surface area (TPSA) is 172 Å². The van der Waals surface area contributed by atoms with E-state index in [9.17, 15) is 18.4 Å². The second-order valence-corrected chi connectivity index (χ2v) is 10.8. The van der Waals surface area contributed by atoms with Crippen LogP contribution in [-0.4, -0.2) is 50.5 Å². The van der Waals surface area contributed by atoms with Gasteiger partial charge in [0.2, 0.25) is 0 Å². The average molecular weight is 667 g/mol. The van der Waals surface area contributed by atoms with Gasteiger partial charge in [-0.05, 0) is 54.6 Å². The number of pyridine rings is 6. The summed E-state index contributed by atoms with van der Waals surface area (Å²) in [5, 5.41) is 0. The summed E-state index contributed by atoms with van der Waals surface area (Å²) < 4.78 is 30.0. The molecule has 0 radical (unpaired) electrons. The Hall–Kier alpha value is -7.22. The van der Waals surface area contributed by atoms with Gasteiger partial charge in [-0.3, -0.25) is 38.3 Å². The van der Waals surface area contributed by atoms with Gasteiger partial charge in [-0.15, -0.1) is 0 Å². The third-order valence-electron chi connectivity index (χ3n) is 7.69. The highest BCUT2D eigenvalue weighted by atomic mass is 19.1. The molecule has 0 aliphatic carbocycles. The van der Waals surface area contributed by atoms with E-state index in [4.69, 9.17) is 11.5 Å². The molecule has 50 heavy (non-hydrogen) atoms. The van der Waals surface area contributed by atoms with Crippen LogP contribution in [0.15, 0.2) is 122 Å². The average Bonchev–Trinajstić information content (AvgIpc) is 3.77. The Bertz CT molecular complexity index is 2550. The lowest BCUT2D eigenvalue weighted by molar-refractivity contribution is 0.0986. The summed E-state index contributed by atoms with van der Waals surface area (Å²) in [6.07, 6.45) is 12.2. The Morgan fingerprint density at radius 1 is 0.540 bits per heavy atom. The molecular formula is C36H24F2N10O2. The minimum absolute atomic E-state index is 0.283. The van der Waals surface area contributed by atoms with E-state index in [1.165, 1.54) is 36.8 Å². The van der Waals surface area contributed by atoms with Crippen molar-refractivity contribution in [1.29, 1.82) is 0 Å². The van der Waals surface area contributed by atoms with Gasteiger partial charge in [0.1, 0.15) is 34.3 Å². The number of imidazole rings is 2. The molecule has 8 aromatic rings. The van der Waals surface area contributed by atoms with Crippen LogP contribution in [0, 0.1) is 11.6 Å². The molecule has 0 bridgehead atoms. The number of nitrogens with zero attached hydrogens (tertiary/aromatic N) is 8. The fourth-order valence-corrected chi connectivity index (χ4v) is 5.38. The Morgan fingerprint density at radius 3 is 1.60 bits per heavy atom. The van der Waals surface area contributed by atoms with E-state index in [1.54, 1.807) is 63.9 Å². The van der Waals surface area contributed by atoms with Gasteiger partial charge in [0, 0.05) is 59.3 Å². The molecule has 8 rings (SSSR count). The number of primary amides is 2. The zero-order chi connectivity index (χ0) is 34.8. The van der Waals surface area contributed by atoms with E-state index in [1.807, 2.05) is 24.3 Å². The molecule has 2 amide bonds. The van der Waals surface area contributed by atoms with Gasteiger partial charge in [0.05, 0.1) is 41.4 Å². The standard InChI is InChI=1S/2C18H12FN5O/c19-12-4-5-14(22-8-12)17-13(2-1-7-21-17)11-3-6-16-23-9-15(18(20)25)24(16)10-11;19-12-5-7-21-14(8-12)17-13(2-1-6-22-17)11-3-4-16-23-9-15(18(20)25)24(16)10-11/h2*1-10H,(H2,20,25). The summed E-state index contributed by atoms with van der Waals surface area (Å²) in [4.78, 5) is 48.4. The Morgan fingerprint density at radius 2 is 1.10 bits per heavy atom. The number of halogens is 2. The highest BCUT2D eigenvalue weighted by Gasteiger charge is 2.15. The molecule has 0 unspecified atom stereocenters. The van der Waals surface area contributed by atoms with Gasteiger partial charge in [-0.2, -0.15) is 0 Å². The minimum Gasteiger partial charge on any atom is -0.364 e. The lowest BCUT2D eigenvalue weighted by atomic mass is 10.0. The highest BCUT2D eigenvalue weighted by Crippen LogP contribution is 2.31. The quantitative estimate of drug-likeness (QED) is 0.238. The molecule has 0 atom stereocenters. The summed E-state index contributed by atoms with van der Waals surface area (Å²) in [7, 11) is 0. The van der Waals surface area contributed by atoms with Gasteiger partial charge in [-0.1, -0.05) is 12.1 Å². The monoisotopic (exact) mass is 666 g/mol. The first-order chi connectivity index (χ1) is 24.3. The van der Waals surface area contributed by atoms with Gasteiger partial charge in [0.15, 0.2) is 0 Å². The molecule has 244 valence electrons. The van der Waals surface area contributed by atoms with Gasteiger partial charge in [-0.25, -0.2) is 18.7 Å². The summed E-state index contributed by atoms with van der Waals surface area (Å²) in [5.74, 6) is -1.92. The molecule has 4 N–H and O–H groups in total. The van der Waals surface area contributed by atoms with Crippen LogP contribution in [0.25, 0.3) is 56.3 Å². The fourth-order valence-electron chi connectivity index (χ4n) is 5.38. The van der Waals surface area contributed by atoms with E-state index < -0.39 is 17.6 Å². The van der Waals surface area contributed by atoms with Crippen LogP contribution in [0.1, 0.15) is 21.0 Å². The minimum atomic E-state index is -0.567. The first-order valence-electron chi connectivity index (χ1n) is 15.0. The number of carbonyl (C=O) groups excluding carboxylic acids is 2. The van der Waals surface area contributed by atoms with Crippen molar-refractivity contribution >= 4 is 23.1 Å². The number of hydrogen-bond acceptors (Lipinski definition) is 8. The first kappa shape index (κ1) is 31.4. The Labute approximate surface area is 281 Å². The number of carbonyl (C=O) groups is 2. The molecule has 0 aromatic carbocycles. The third-order valence-corrected chi connectivity index (χ3v) is 7.69. The van der Waals surface area contributed by atoms with Crippen molar-refractivity contribution in [1.82, 2.24) is 38.7 Å². The molecule has 0 spiro atoms. The zero-order valence-corrected chi connectivity index (χ0v) is 25.9. The van der Waals surface area contributed by atoms with Gasteiger partial charge >= 0.3 is 0 Å². The lowest BCUT2D eigenvalue weighted by Gasteiger charge is -2.09. The molecule has 14 heteroatoms. The Balaban J connectivity index is 0.000000157. The highest BCUT2D eigenvalue weighted by molar-refractivity contribution is 5.93. The second-order valence-electron chi connectivity index (χ2n) is 10.8. The van der Waals surface area contributed by atoms with Gasteiger partial charge < -0.3 is 11.5 Å². The SMILES string of the molecule is NC(=O)c1cnc2ccc(-c3cccnc3-c3cc(F)ccn3)cn12.NC(=O)c1cnc2ccc(-c3cccnc3-c3ccc(F)cn3)cn12. The number of amides is 2. The number of aromatic nitrogens is 8. The van der Waals surface area contributed by atoms with E-state index in [2.05, 4.69) is 29.9 Å². The zero-order valence-electron chi connectivity index (χ0n) is 25.9. The van der Waals surface area contributed by atoms with Crippen molar-refractivity contribution < 1.29 is 18.4 Å². The summed E-state index contributed by atoms with van der Waals surface area (Å²) >= 11 is 0. The van der Waals surface area contributed by atoms with Crippen LogP contribution in [0.5, 0.6) is 0 Å². The van der Waals surface area contributed by atoms with Crippen molar-refractivity contribution in [3.8, 4) is 45.0 Å². The smallest absolute Gasteiger partial charge is 0.267 e. The van der Waals surface area contributed by atoms with E-state index in [0.717, 1.165) is 28.5 Å². The van der Waals surface area contributed by atoms with Crippen LogP contribution in [-0.2, 0) is 0 Å². The molecule has 0 aliphatic rings. The predicted octanol–water partition coefficient (Wildman–Crippen LogP) is 5.39. The number of fused-ring (bicyclic) bond motifs is 2. The van der Waals surface area contributed by atoms with Crippen LogP contribution in [0.2, 0.25) is 0 Å². The third kappa shape index (κ3) is 6.11. The van der Waals surface area contributed by atoms with Crippen molar-refractivity contribution in [2.75, 3.05) is 0 Å². The molecule has 0 fully saturated rings. The fraction of sp³-hybridized carbons (Fsp3) is 0. The van der Waals surface area contributed by atoms with E-state index in [-0.39, 0.29) is 11.5 Å². The molecule has 8 heterocycles. The molecule has 12 nitrogen and oxygen atoms in total. The molecule has 8 aromatic heterocycles. The van der Waals surface area contributed by atoms with Crippen molar-refractivity contribution in [2.24, 2.45) is 11.5 Å². The van der Waals surface area contributed by atoms with E-state index in [0.29, 0.717) is 39.8 Å². The molecule has 0 aliphatic heterocycles. The predicted molar refractivity (Wildman–Crippen MR) is 180 cm³/mol. The molecule has 0 saturated heterocycles. The number of hydrogen-bond donors (Lipinski definition) is 2. The van der Waals surface area contributed by atoms with E-state index >= 15 is 0 Å². The lowest BCUT2D eigenvalue weighted by Crippen LogP contribution is -2.13. The largest absolute Gasteiger partial charge is 0.364 e. The maximum Gasteiger partial charge on any atom is 0.267 e. The maximum absolute atomic E-state index is 13.6. The van der Waals surface area contributed by atoms with Crippen molar-refractivity contribution in [2.45, 2.75) is 0 Å². The van der Waals surface area contributed by atoms with Crippen molar-refractivity contribution in [3.63, 3.8) is 0 Å². The summed E-state index contributed by atoms with van der Waals surface area (Å²) in [6, 6.07) is 20.1. The van der Waals surface area contributed by atoms with Gasteiger partial charge in [0.25, 0.3) is 11.8 Å². The first-order valence-corrected chi connectivity index (χ1v) is 15.0. The Kier molecular flexibility index (Phi) is 8.23. The van der Waals surface area contributed by atoms with Crippen LogP contribution in [0.4, 0.5) is 8.78 Å². The van der Waals surface area contributed by atoms with Crippen LogP contribution in [0.3, 0.4) is 0 Å². The number of rotatable bonds is 6. The molecular weight excluding hydrogens is 642 g/mol. The summed E-state index contributed by atoms with van der Waals surface area (Å²) in [5.41, 5.74) is 17.9. The number of nitrogens with two attached hydrogens (primary N) is 2. The molecule has 0 saturated carbocycles. The second kappa shape index (κ2) is 13.1. The van der Waals surface area contributed by atoms with Crippen LogP contribution < -0.4 is 11.5 Å². The van der Waals surface area contributed by atoms with Crippen LogP contribution >= 0.6 is 0 Å². The summed E-state index contributed by atoms with van der Waals surface area (Å²) in [6.45, 7) is 0. The normalized spacial score (nSPS) is 10.9.